The quantitative estimate of drug-likeness (QED) is 0.574. The van der Waals surface area contributed by atoms with Crippen LogP contribution in [0.5, 0.6) is 11.5 Å². The number of rotatable bonds is 7. The maximum Gasteiger partial charge on any atom is 0.341 e. The standard InChI is InChI=1S/C19H18N2O7/c1-2-27-17-9-13(4-6-16(17)28-11-18(22)23)19(24)20-8-7-12-3-5-14(21(25)26)10-15(12)20/h3-6,9-10H,2,7-8,11H2,1H3,(H,22,23). The van der Waals surface area contributed by atoms with E-state index in [9.17, 15) is 19.7 Å². The first-order chi connectivity index (χ1) is 13.4. The van der Waals surface area contributed by atoms with E-state index < -0.39 is 17.5 Å². The van der Waals surface area contributed by atoms with Crippen molar-refractivity contribution in [2.75, 3.05) is 24.7 Å². The summed E-state index contributed by atoms with van der Waals surface area (Å²) in [6.45, 7) is 1.94. The number of nitro groups is 1. The molecule has 0 aromatic heterocycles. The topological polar surface area (TPSA) is 119 Å². The molecule has 0 saturated heterocycles. The molecule has 0 atom stereocenters. The molecule has 2 aromatic rings. The Hall–Kier alpha value is -3.62. The van der Waals surface area contributed by atoms with Gasteiger partial charge in [0, 0.05) is 24.2 Å². The van der Waals surface area contributed by atoms with Crippen LogP contribution in [0.3, 0.4) is 0 Å². The molecule has 0 saturated carbocycles. The number of hydrogen-bond donors (Lipinski definition) is 1. The Morgan fingerprint density at radius 3 is 2.64 bits per heavy atom. The highest BCUT2D eigenvalue weighted by atomic mass is 16.6. The lowest BCUT2D eigenvalue weighted by Gasteiger charge is -2.18. The van der Waals surface area contributed by atoms with Crippen LogP contribution in [0.4, 0.5) is 11.4 Å². The third-order valence-corrected chi connectivity index (χ3v) is 4.26. The summed E-state index contributed by atoms with van der Waals surface area (Å²) < 4.78 is 10.7. The molecular weight excluding hydrogens is 368 g/mol. The zero-order valence-electron chi connectivity index (χ0n) is 15.1. The first kappa shape index (κ1) is 19.2. The normalized spacial score (nSPS) is 12.4. The van der Waals surface area contributed by atoms with Gasteiger partial charge in [-0.25, -0.2) is 4.79 Å². The number of nitrogens with zero attached hydrogens (tertiary/aromatic N) is 2. The summed E-state index contributed by atoms with van der Waals surface area (Å²) in [5.74, 6) is -0.978. The number of amides is 1. The third-order valence-electron chi connectivity index (χ3n) is 4.26. The summed E-state index contributed by atoms with van der Waals surface area (Å²) in [5, 5.41) is 19.8. The number of carboxylic acids is 1. The van der Waals surface area contributed by atoms with Crippen molar-refractivity contribution in [3.63, 3.8) is 0 Å². The molecule has 1 amide bonds. The fourth-order valence-corrected chi connectivity index (χ4v) is 3.02. The second-order valence-electron chi connectivity index (χ2n) is 6.05. The number of aliphatic carboxylic acids is 1. The van der Waals surface area contributed by atoms with E-state index in [0.717, 1.165) is 5.56 Å². The number of ether oxygens (including phenoxy) is 2. The molecular formula is C19H18N2O7. The van der Waals surface area contributed by atoms with Gasteiger partial charge < -0.3 is 19.5 Å². The number of benzene rings is 2. The van der Waals surface area contributed by atoms with Crippen LogP contribution in [0.2, 0.25) is 0 Å². The maximum atomic E-state index is 13.0. The summed E-state index contributed by atoms with van der Waals surface area (Å²) in [4.78, 5) is 35.7. The van der Waals surface area contributed by atoms with Crippen LogP contribution in [0.1, 0.15) is 22.8 Å². The number of hydrogen-bond acceptors (Lipinski definition) is 6. The molecule has 28 heavy (non-hydrogen) atoms. The molecule has 1 aliphatic rings. The van der Waals surface area contributed by atoms with Gasteiger partial charge in [-0.15, -0.1) is 0 Å². The minimum absolute atomic E-state index is 0.0779. The molecule has 0 aliphatic carbocycles. The summed E-state index contributed by atoms with van der Waals surface area (Å²) in [5.41, 5.74) is 1.62. The van der Waals surface area contributed by atoms with E-state index in [1.807, 2.05) is 0 Å². The molecule has 0 bridgehead atoms. The fraction of sp³-hybridized carbons (Fsp3) is 0.263. The number of fused-ring (bicyclic) bond motifs is 1. The van der Waals surface area contributed by atoms with Gasteiger partial charge in [0.25, 0.3) is 11.6 Å². The molecule has 2 aromatic carbocycles. The van der Waals surface area contributed by atoms with Crippen LogP contribution in [-0.4, -0.2) is 41.7 Å². The molecule has 146 valence electrons. The van der Waals surface area contributed by atoms with Crippen LogP contribution >= 0.6 is 0 Å². The molecule has 3 rings (SSSR count). The van der Waals surface area contributed by atoms with Crippen molar-refractivity contribution >= 4 is 23.3 Å². The van der Waals surface area contributed by atoms with E-state index in [1.54, 1.807) is 13.0 Å². The van der Waals surface area contributed by atoms with Crippen LogP contribution in [-0.2, 0) is 11.2 Å². The zero-order chi connectivity index (χ0) is 20.3. The maximum absolute atomic E-state index is 13.0. The van der Waals surface area contributed by atoms with Crippen molar-refractivity contribution in [1.82, 2.24) is 0 Å². The lowest BCUT2D eigenvalue weighted by molar-refractivity contribution is -0.384. The highest BCUT2D eigenvalue weighted by molar-refractivity contribution is 6.07. The third kappa shape index (κ3) is 3.88. The number of carbonyl (C=O) groups excluding carboxylic acids is 1. The van der Waals surface area contributed by atoms with Crippen LogP contribution in [0.25, 0.3) is 0 Å². The van der Waals surface area contributed by atoms with Crippen molar-refractivity contribution in [2.45, 2.75) is 13.3 Å². The fourth-order valence-electron chi connectivity index (χ4n) is 3.02. The van der Waals surface area contributed by atoms with Gasteiger partial charge in [0.15, 0.2) is 18.1 Å². The summed E-state index contributed by atoms with van der Waals surface area (Å²) in [6.07, 6.45) is 0.608. The Labute approximate surface area is 160 Å². The minimum atomic E-state index is -1.13. The largest absolute Gasteiger partial charge is 0.490 e. The van der Waals surface area contributed by atoms with Crippen molar-refractivity contribution in [3.05, 3.63) is 57.6 Å². The average Bonchev–Trinajstić information content (AvgIpc) is 3.09. The number of carboxylic acid groups (broad SMARTS) is 1. The Morgan fingerprint density at radius 2 is 1.96 bits per heavy atom. The first-order valence-corrected chi connectivity index (χ1v) is 8.61. The summed E-state index contributed by atoms with van der Waals surface area (Å²) >= 11 is 0. The molecule has 1 aliphatic heterocycles. The van der Waals surface area contributed by atoms with E-state index in [4.69, 9.17) is 14.6 Å². The SMILES string of the molecule is CCOc1cc(C(=O)N2CCc3ccc([N+](=O)[O-])cc32)ccc1OCC(=O)O. The molecule has 1 heterocycles. The zero-order valence-corrected chi connectivity index (χ0v) is 15.1. The van der Waals surface area contributed by atoms with Crippen molar-refractivity contribution in [1.29, 1.82) is 0 Å². The Balaban J connectivity index is 1.89. The molecule has 0 fully saturated rings. The van der Waals surface area contributed by atoms with Gasteiger partial charge >= 0.3 is 5.97 Å². The van der Waals surface area contributed by atoms with E-state index >= 15 is 0 Å². The van der Waals surface area contributed by atoms with Gasteiger partial charge in [-0.2, -0.15) is 0 Å². The summed E-state index contributed by atoms with van der Waals surface area (Å²) in [7, 11) is 0. The van der Waals surface area contributed by atoms with Gasteiger partial charge in [0.2, 0.25) is 0 Å². The molecule has 1 N–H and O–H groups in total. The molecule has 0 radical (unpaired) electrons. The van der Waals surface area contributed by atoms with Gasteiger partial charge in [-0.05, 0) is 37.1 Å². The highest BCUT2D eigenvalue weighted by Crippen LogP contribution is 2.34. The predicted molar refractivity (Wildman–Crippen MR) is 99.2 cm³/mol. The Kier molecular flexibility index (Phi) is 5.44. The minimum Gasteiger partial charge on any atom is -0.490 e. The monoisotopic (exact) mass is 386 g/mol. The highest BCUT2D eigenvalue weighted by Gasteiger charge is 2.28. The predicted octanol–water partition coefficient (Wildman–Crippen LogP) is 2.66. The molecule has 9 nitrogen and oxygen atoms in total. The van der Waals surface area contributed by atoms with E-state index in [2.05, 4.69) is 0 Å². The number of non-ortho nitro benzene ring substituents is 1. The number of anilines is 1. The van der Waals surface area contributed by atoms with Crippen LogP contribution in [0, 0.1) is 10.1 Å². The van der Waals surface area contributed by atoms with E-state index in [1.165, 1.54) is 35.2 Å². The first-order valence-electron chi connectivity index (χ1n) is 8.61. The Bertz CT molecular complexity index is 942. The Morgan fingerprint density at radius 1 is 1.18 bits per heavy atom. The molecule has 0 spiro atoms. The van der Waals surface area contributed by atoms with Gasteiger partial charge in [-0.1, -0.05) is 6.07 Å². The number of nitro benzene ring substituents is 1. The lowest BCUT2D eigenvalue weighted by Crippen LogP contribution is -2.29. The average molecular weight is 386 g/mol. The van der Waals surface area contributed by atoms with Crippen LogP contribution < -0.4 is 14.4 Å². The van der Waals surface area contributed by atoms with Crippen molar-refractivity contribution in [2.24, 2.45) is 0 Å². The molecule has 9 heteroatoms. The van der Waals surface area contributed by atoms with E-state index in [-0.39, 0.29) is 23.1 Å². The summed E-state index contributed by atoms with van der Waals surface area (Å²) in [6, 6.07) is 8.96. The second-order valence-corrected chi connectivity index (χ2v) is 6.05. The molecule has 0 unspecified atom stereocenters. The smallest absolute Gasteiger partial charge is 0.341 e. The number of carbonyl (C=O) groups is 2. The van der Waals surface area contributed by atoms with Gasteiger partial charge in [0.05, 0.1) is 17.2 Å². The van der Waals surface area contributed by atoms with Gasteiger partial charge in [-0.3, -0.25) is 14.9 Å². The van der Waals surface area contributed by atoms with Crippen molar-refractivity contribution in [3.8, 4) is 11.5 Å². The lowest BCUT2D eigenvalue weighted by atomic mass is 10.1. The second kappa shape index (κ2) is 7.95. The van der Waals surface area contributed by atoms with E-state index in [0.29, 0.717) is 30.8 Å². The van der Waals surface area contributed by atoms with Gasteiger partial charge in [0.1, 0.15) is 0 Å². The van der Waals surface area contributed by atoms with Crippen molar-refractivity contribution < 1.29 is 29.1 Å². The van der Waals surface area contributed by atoms with Crippen LogP contribution in [0.15, 0.2) is 36.4 Å².